The number of rotatable bonds is 5. The van der Waals surface area contributed by atoms with E-state index in [0.717, 1.165) is 10.9 Å². The molecule has 4 aromatic heterocycles. The van der Waals surface area contributed by atoms with Gasteiger partial charge in [-0.2, -0.15) is 18.3 Å². The van der Waals surface area contributed by atoms with Gasteiger partial charge in [-0.15, -0.1) is 0 Å². The van der Waals surface area contributed by atoms with E-state index >= 15 is 0 Å². The molecule has 3 N–H and O–H groups in total. The number of nitrogens with two attached hydrogens (primary N) is 1. The Bertz CT molecular complexity index is 1680. The maximum atomic E-state index is 13.1. The molecule has 13 heteroatoms. The number of pyridine rings is 1. The first-order valence-corrected chi connectivity index (χ1v) is 11.3. The third-order valence-electron chi connectivity index (χ3n) is 5.73. The molecule has 4 heterocycles. The first-order valence-electron chi connectivity index (χ1n) is 11.3. The molecule has 0 aliphatic heterocycles. The number of fused-ring (bicyclic) bond motifs is 1. The van der Waals surface area contributed by atoms with Gasteiger partial charge in [0.2, 0.25) is 0 Å². The second kappa shape index (κ2) is 9.50. The Kier molecular flexibility index (Phi) is 6.18. The maximum absolute atomic E-state index is 13.1. The molecule has 10 nitrogen and oxygen atoms in total. The molecule has 0 aliphatic rings. The third kappa shape index (κ3) is 4.85. The summed E-state index contributed by atoms with van der Waals surface area (Å²) in [7, 11) is 1.76. The van der Waals surface area contributed by atoms with Crippen molar-refractivity contribution in [3.05, 3.63) is 77.8 Å². The second-order valence-corrected chi connectivity index (χ2v) is 8.41. The zero-order valence-electron chi connectivity index (χ0n) is 20.2. The minimum atomic E-state index is -4.62. The van der Waals surface area contributed by atoms with Gasteiger partial charge in [0.25, 0.3) is 5.91 Å². The van der Waals surface area contributed by atoms with Crippen LogP contribution in [0.3, 0.4) is 0 Å². The molecule has 0 fully saturated rings. The number of amides is 1. The number of nitrogen functional groups attached to an aromatic ring is 1. The number of benzene rings is 1. The smallest absolute Gasteiger partial charge is 0.382 e. The van der Waals surface area contributed by atoms with Crippen LogP contribution in [0.2, 0.25) is 0 Å². The average molecular weight is 519 g/mol. The number of nitrogens with zero attached hydrogens (tertiary/aromatic N) is 7. The monoisotopic (exact) mass is 519 g/mol. The number of carbonyl (C=O) groups is 1. The van der Waals surface area contributed by atoms with Crippen LogP contribution in [0.5, 0.6) is 0 Å². The first-order chi connectivity index (χ1) is 18.1. The summed E-state index contributed by atoms with van der Waals surface area (Å²) >= 11 is 0. The van der Waals surface area contributed by atoms with Gasteiger partial charge in [0.05, 0.1) is 35.3 Å². The Morgan fingerprint density at radius 3 is 2.61 bits per heavy atom. The largest absolute Gasteiger partial charge is 0.434 e. The van der Waals surface area contributed by atoms with E-state index in [1.54, 1.807) is 30.2 Å². The van der Waals surface area contributed by atoms with Crippen molar-refractivity contribution in [1.82, 2.24) is 40.0 Å². The van der Waals surface area contributed by atoms with Crippen molar-refractivity contribution in [2.24, 2.45) is 7.05 Å². The topological polar surface area (TPSA) is 137 Å². The summed E-state index contributed by atoms with van der Waals surface area (Å²) in [5.41, 5.74) is 7.80. The van der Waals surface area contributed by atoms with Gasteiger partial charge in [0.1, 0.15) is 11.4 Å². The summed E-state index contributed by atoms with van der Waals surface area (Å²) < 4.78 is 40.3. The quantitative estimate of drug-likeness (QED) is 0.358. The average Bonchev–Trinajstić information content (AvgIpc) is 3.32. The van der Waals surface area contributed by atoms with Crippen LogP contribution in [0, 0.1) is 6.92 Å². The summed E-state index contributed by atoms with van der Waals surface area (Å²) in [6, 6.07) is 11.0. The predicted molar refractivity (Wildman–Crippen MR) is 132 cm³/mol. The van der Waals surface area contributed by atoms with Gasteiger partial charge in [0, 0.05) is 30.4 Å². The number of hydrogen-bond acceptors (Lipinski definition) is 8. The number of nitrogens with one attached hydrogen (secondary N) is 1. The van der Waals surface area contributed by atoms with Crippen LogP contribution in [0.15, 0.2) is 55.0 Å². The van der Waals surface area contributed by atoms with Gasteiger partial charge in [0.15, 0.2) is 17.2 Å². The van der Waals surface area contributed by atoms with Crippen molar-refractivity contribution < 1.29 is 18.0 Å². The summed E-state index contributed by atoms with van der Waals surface area (Å²) in [4.78, 5) is 33.8. The lowest BCUT2D eigenvalue weighted by Crippen LogP contribution is -2.27. The molecule has 0 atom stereocenters. The van der Waals surface area contributed by atoms with Crippen LogP contribution >= 0.6 is 0 Å². The van der Waals surface area contributed by atoms with Gasteiger partial charge >= 0.3 is 6.18 Å². The molecular weight excluding hydrogens is 499 g/mol. The summed E-state index contributed by atoms with van der Waals surface area (Å²) in [6.45, 7) is 1.20. The highest BCUT2D eigenvalue weighted by molar-refractivity contribution is 5.98. The highest BCUT2D eigenvalue weighted by atomic mass is 19.4. The Morgan fingerprint density at radius 1 is 1.08 bits per heavy atom. The molecule has 0 unspecified atom stereocenters. The molecule has 1 amide bonds. The van der Waals surface area contributed by atoms with Gasteiger partial charge < -0.3 is 11.1 Å². The van der Waals surface area contributed by atoms with Gasteiger partial charge in [-0.05, 0) is 31.2 Å². The molecule has 0 spiro atoms. The molecule has 192 valence electrons. The van der Waals surface area contributed by atoms with Gasteiger partial charge in [-0.25, -0.2) is 15.0 Å². The molecule has 1 aromatic carbocycles. The van der Waals surface area contributed by atoms with Crippen molar-refractivity contribution in [3.8, 4) is 22.6 Å². The Morgan fingerprint density at radius 2 is 1.89 bits per heavy atom. The van der Waals surface area contributed by atoms with Crippen molar-refractivity contribution in [1.29, 1.82) is 0 Å². The van der Waals surface area contributed by atoms with E-state index in [1.165, 1.54) is 6.92 Å². The lowest BCUT2D eigenvalue weighted by molar-refractivity contribution is -0.141. The van der Waals surface area contributed by atoms with Crippen molar-refractivity contribution in [2.75, 3.05) is 5.73 Å². The van der Waals surface area contributed by atoms with Crippen LogP contribution in [-0.4, -0.2) is 40.6 Å². The normalized spacial score (nSPS) is 11.6. The van der Waals surface area contributed by atoms with Crippen LogP contribution in [0.25, 0.3) is 33.5 Å². The molecule has 0 radical (unpaired) electrons. The number of aryl methyl sites for hydroxylation is 2. The van der Waals surface area contributed by atoms with E-state index in [-0.39, 0.29) is 29.4 Å². The van der Waals surface area contributed by atoms with Gasteiger partial charge in [-0.3, -0.25) is 19.4 Å². The van der Waals surface area contributed by atoms with E-state index in [9.17, 15) is 18.0 Å². The Hall–Kier alpha value is -4.94. The van der Waals surface area contributed by atoms with Crippen molar-refractivity contribution in [3.63, 3.8) is 0 Å². The molecule has 5 rings (SSSR count). The number of anilines is 1. The highest BCUT2D eigenvalue weighted by Crippen LogP contribution is 2.32. The molecule has 0 bridgehead atoms. The zero-order valence-corrected chi connectivity index (χ0v) is 20.2. The fourth-order valence-electron chi connectivity index (χ4n) is 3.82. The zero-order chi connectivity index (χ0) is 27.0. The molecule has 5 aromatic rings. The molecule has 38 heavy (non-hydrogen) atoms. The van der Waals surface area contributed by atoms with Gasteiger partial charge in [-0.1, -0.05) is 12.1 Å². The van der Waals surface area contributed by atoms with Crippen LogP contribution in [0.1, 0.15) is 27.6 Å². The van der Waals surface area contributed by atoms with Crippen LogP contribution in [-0.2, 0) is 19.8 Å². The summed E-state index contributed by atoms with van der Waals surface area (Å²) in [6.07, 6.45) is -0.559. The van der Waals surface area contributed by atoms with E-state index in [1.807, 2.05) is 30.3 Å². The highest BCUT2D eigenvalue weighted by Gasteiger charge is 2.33. The molecule has 0 saturated carbocycles. The SMILES string of the molecule is Cc1nc(C(F)(F)F)cnc1CNC(=O)c1nc(-c2ccc3ncccc3c2)c(-c2ccn(C)n2)nc1N. The minimum absolute atomic E-state index is 0.0372. The van der Waals surface area contributed by atoms with E-state index in [0.29, 0.717) is 28.8 Å². The number of halogens is 3. The Labute approximate surface area is 213 Å². The fourth-order valence-corrected chi connectivity index (χ4v) is 3.82. The predicted octanol–water partition coefficient (Wildman–Crippen LogP) is 3.72. The number of alkyl halides is 3. The summed E-state index contributed by atoms with van der Waals surface area (Å²) in [5, 5.41) is 7.86. The number of carbonyl (C=O) groups excluding carboxylic acids is 1. The number of aromatic nitrogens is 7. The second-order valence-electron chi connectivity index (χ2n) is 8.41. The fraction of sp³-hybridized carbons (Fsp3) is 0.160. The third-order valence-corrected chi connectivity index (χ3v) is 5.73. The molecule has 0 aliphatic carbocycles. The number of hydrogen-bond donors (Lipinski definition) is 2. The van der Waals surface area contributed by atoms with E-state index in [4.69, 9.17) is 5.73 Å². The van der Waals surface area contributed by atoms with E-state index in [2.05, 4.69) is 35.3 Å². The Balaban J connectivity index is 1.51. The van der Waals surface area contributed by atoms with Crippen molar-refractivity contribution in [2.45, 2.75) is 19.6 Å². The minimum Gasteiger partial charge on any atom is -0.382 e. The lowest BCUT2D eigenvalue weighted by Gasteiger charge is -2.13. The maximum Gasteiger partial charge on any atom is 0.434 e. The molecular formula is C25H20F3N9O. The standard InChI is InChI=1S/C25H20F3N9O/c1-13-18(31-12-19(33-13)25(26,27)28)11-32-24(38)22-23(29)35-21(17-7-9-37(2)36-17)20(34-22)15-5-6-16-14(10-15)4-3-8-30-16/h3-10,12H,11H2,1-2H3,(H2,29,35)(H,32,38). The summed E-state index contributed by atoms with van der Waals surface area (Å²) in [5.74, 6) is -0.808. The first kappa shape index (κ1) is 24.7. The van der Waals surface area contributed by atoms with E-state index < -0.39 is 17.8 Å². The molecule has 0 saturated heterocycles. The van der Waals surface area contributed by atoms with Crippen LogP contribution < -0.4 is 11.1 Å². The lowest BCUT2D eigenvalue weighted by atomic mass is 10.0. The van der Waals surface area contributed by atoms with Crippen LogP contribution in [0.4, 0.5) is 19.0 Å². The van der Waals surface area contributed by atoms with Crippen molar-refractivity contribution >= 4 is 22.6 Å².